The fraction of sp³-hybridized carbons (Fsp3) is 0.333. The molecule has 66 valence electrons. The van der Waals surface area contributed by atoms with E-state index in [1.165, 1.54) is 0 Å². The molecule has 0 spiro atoms. The van der Waals surface area contributed by atoms with Crippen LogP contribution in [0.25, 0.3) is 0 Å². The Bertz CT molecular complexity index is 257. The Morgan fingerprint density at radius 3 is 2.58 bits per heavy atom. The first-order valence-corrected chi connectivity index (χ1v) is 4.08. The maximum atomic E-state index is 5.93. The molecule has 0 atom stereocenters. The van der Waals surface area contributed by atoms with Gasteiger partial charge < -0.3 is 10.1 Å². The molecule has 0 unspecified atom stereocenters. The van der Waals surface area contributed by atoms with E-state index in [1.807, 2.05) is 26.1 Å². The molecule has 0 radical (unpaired) electrons. The van der Waals surface area contributed by atoms with E-state index in [2.05, 4.69) is 5.32 Å². The van der Waals surface area contributed by atoms with Crippen LogP contribution < -0.4 is 10.1 Å². The molecule has 0 aliphatic rings. The van der Waals surface area contributed by atoms with Crippen LogP contribution in [-0.2, 0) is 0 Å². The Kier molecular flexibility index (Phi) is 2.82. The van der Waals surface area contributed by atoms with Crippen LogP contribution in [0.3, 0.4) is 0 Å². The molecule has 12 heavy (non-hydrogen) atoms. The number of nitrogens with one attached hydrogen (secondary N) is 1. The summed E-state index contributed by atoms with van der Waals surface area (Å²) in [7, 11) is 3.48. The summed E-state index contributed by atoms with van der Waals surface area (Å²) in [5.74, 6) is 0.819. The highest BCUT2D eigenvalue weighted by atomic mass is 35.5. The zero-order chi connectivity index (χ0) is 9.14. The van der Waals surface area contributed by atoms with Gasteiger partial charge in [0.25, 0.3) is 0 Å². The lowest BCUT2D eigenvalue weighted by molar-refractivity contribution is 0.416. The lowest BCUT2D eigenvalue weighted by Gasteiger charge is -2.09. The summed E-state index contributed by atoms with van der Waals surface area (Å²) in [6.07, 6.45) is 0. The predicted molar refractivity (Wildman–Crippen MR) is 52.3 cm³/mol. The van der Waals surface area contributed by atoms with Crippen LogP contribution >= 0.6 is 11.6 Å². The van der Waals surface area contributed by atoms with Gasteiger partial charge in [0.2, 0.25) is 0 Å². The first-order valence-electron chi connectivity index (χ1n) is 3.71. The average molecular weight is 186 g/mol. The van der Waals surface area contributed by atoms with Gasteiger partial charge in [-0.2, -0.15) is 0 Å². The van der Waals surface area contributed by atoms with E-state index < -0.39 is 0 Å². The van der Waals surface area contributed by atoms with Crippen molar-refractivity contribution in [2.24, 2.45) is 0 Å². The monoisotopic (exact) mass is 185 g/mol. The van der Waals surface area contributed by atoms with E-state index in [1.54, 1.807) is 7.11 Å². The van der Waals surface area contributed by atoms with Crippen molar-refractivity contribution in [1.82, 2.24) is 0 Å². The van der Waals surface area contributed by atoms with Crippen molar-refractivity contribution in [3.8, 4) is 5.75 Å². The molecule has 1 rings (SSSR count). The Morgan fingerprint density at radius 2 is 2.08 bits per heavy atom. The molecule has 0 saturated carbocycles. The quantitative estimate of drug-likeness (QED) is 0.765. The van der Waals surface area contributed by atoms with Gasteiger partial charge in [-0.15, -0.1) is 0 Å². The molecule has 0 aliphatic heterocycles. The molecule has 0 aliphatic carbocycles. The van der Waals surface area contributed by atoms with E-state index in [0.717, 1.165) is 22.0 Å². The van der Waals surface area contributed by atoms with Crippen LogP contribution in [0.5, 0.6) is 5.75 Å². The summed E-state index contributed by atoms with van der Waals surface area (Å²) in [4.78, 5) is 0. The molecule has 0 saturated heterocycles. The third-order valence-electron chi connectivity index (χ3n) is 1.75. The largest absolute Gasteiger partial charge is 0.495 e. The van der Waals surface area contributed by atoms with E-state index in [4.69, 9.17) is 16.3 Å². The Labute approximate surface area is 77.5 Å². The minimum absolute atomic E-state index is 0.750. The third-order valence-corrected chi connectivity index (χ3v) is 2.16. The molecule has 0 amide bonds. The van der Waals surface area contributed by atoms with E-state index in [9.17, 15) is 0 Å². The topological polar surface area (TPSA) is 21.3 Å². The summed E-state index contributed by atoms with van der Waals surface area (Å²) in [6.45, 7) is 1.95. The first-order chi connectivity index (χ1) is 5.69. The second-order valence-corrected chi connectivity index (χ2v) is 2.96. The van der Waals surface area contributed by atoms with Gasteiger partial charge in [-0.25, -0.2) is 0 Å². The van der Waals surface area contributed by atoms with Crippen LogP contribution in [-0.4, -0.2) is 14.2 Å². The van der Waals surface area contributed by atoms with Crippen molar-refractivity contribution in [3.05, 3.63) is 22.7 Å². The minimum Gasteiger partial charge on any atom is -0.495 e. The number of halogens is 1. The normalized spacial score (nSPS) is 9.67. The van der Waals surface area contributed by atoms with Crippen molar-refractivity contribution in [1.29, 1.82) is 0 Å². The lowest BCUT2D eigenvalue weighted by atomic mass is 10.2. The maximum Gasteiger partial charge on any atom is 0.142 e. The van der Waals surface area contributed by atoms with Gasteiger partial charge in [0.05, 0.1) is 12.8 Å². The fourth-order valence-corrected chi connectivity index (χ4v) is 1.18. The average Bonchev–Trinajstić information content (AvgIpc) is 2.09. The number of anilines is 1. The molecule has 0 heterocycles. The highest BCUT2D eigenvalue weighted by Gasteiger charge is 2.04. The van der Waals surface area contributed by atoms with E-state index in [0.29, 0.717) is 0 Å². The van der Waals surface area contributed by atoms with E-state index in [-0.39, 0.29) is 0 Å². The van der Waals surface area contributed by atoms with Gasteiger partial charge in [0.1, 0.15) is 5.75 Å². The van der Waals surface area contributed by atoms with Crippen molar-refractivity contribution in [2.75, 3.05) is 19.5 Å². The minimum atomic E-state index is 0.750. The van der Waals surface area contributed by atoms with Crippen molar-refractivity contribution in [3.63, 3.8) is 0 Å². The number of rotatable bonds is 2. The third kappa shape index (κ3) is 1.64. The summed E-state index contributed by atoms with van der Waals surface area (Å²) < 4.78 is 5.15. The maximum absolute atomic E-state index is 5.93. The van der Waals surface area contributed by atoms with Crippen LogP contribution in [0.4, 0.5) is 5.69 Å². The van der Waals surface area contributed by atoms with Crippen molar-refractivity contribution in [2.45, 2.75) is 6.92 Å². The number of ether oxygens (including phenoxy) is 1. The van der Waals surface area contributed by atoms with E-state index >= 15 is 0 Å². The number of benzene rings is 1. The highest BCUT2D eigenvalue weighted by Crippen LogP contribution is 2.30. The van der Waals surface area contributed by atoms with Gasteiger partial charge in [0.15, 0.2) is 0 Å². The fourth-order valence-electron chi connectivity index (χ4n) is 1.02. The Hall–Kier alpha value is -0.890. The first kappa shape index (κ1) is 9.20. The van der Waals surface area contributed by atoms with Crippen molar-refractivity contribution >= 4 is 17.3 Å². The molecule has 3 heteroatoms. The molecule has 0 aromatic heterocycles. The molecule has 2 nitrogen and oxygen atoms in total. The Balaban J connectivity index is 3.19. The van der Waals surface area contributed by atoms with Crippen LogP contribution in [0.2, 0.25) is 5.02 Å². The second kappa shape index (κ2) is 3.68. The summed E-state index contributed by atoms with van der Waals surface area (Å²) >= 11 is 5.93. The molecule has 0 fully saturated rings. The summed E-state index contributed by atoms with van der Waals surface area (Å²) in [5.41, 5.74) is 1.93. The smallest absolute Gasteiger partial charge is 0.142 e. The van der Waals surface area contributed by atoms with Crippen molar-refractivity contribution < 1.29 is 4.74 Å². The van der Waals surface area contributed by atoms with Crippen LogP contribution in [0.15, 0.2) is 12.1 Å². The van der Waals surface area contributed by atoms with Crippen LogP contribution in [0, 0.1) is 6.92 Å². The highest BCUT2D eigenvalue weighted by molar-refractivity contribution is 6.31. The number of aryl methyl sites for hydroxylation is 1. The summed E-state index contributed by atoms with van der Waals surface area (Å²) in [5, 5.41) is 3.76. The van der Waals surface area contributed by atoms with Gasteiger partial charge in [-0.1, -0.05) is 11.6 Å². The predicted octanol–water partition coefficient (Wildman–Crippen LogP) is 2.70. The molecular formula is C9H12ClNO. The zero-order valence-electron chi connectivity index (χ0n) is 7.44. The second-order valence-electron chi connectivity index (χ2n) is 2.55. The number of methoxy groups -OCH3 is 1. The summed E-state index contributed by atoms with van der Waals surface area (Å²) in [6, 6.07) is 3.77. The van der Waals surface area contributed by atoms with Gasteiger partial charge >= 0.3 is 0 Å². The van der Waals surface area contributed by atoms with Gasteiger partial charge in [-0.3, -0.25) is 0 Å². The molecule has 1 aromatic carbocycles. The lowest BCUT2D eigenvalue weighted by Crippen LogP contribution is -1.94. The van der Waals surface area contributed by atoms with Gasteiger partial charge in [0, 0.05) is 12.1 Å². The number of hydrogen-bond acceptors (Lipinski definition) is 2. The zero-order valence-corrected chi connectivity index (χ0v) is 8.20. The molecule has 0 bridgehead atoms. The van der Waals surface area contributed by atoms with Gasteiger partial charge in [-0.05, 0) is 24.6 Å². The van der Waals surface area contributed by atoms with Crippen LogP contribution in [0.1, 0.15) is 5.56 Å². The SMILES string of the molecule is CNc1cc(Cl)c(C)cc1OC. The molecular weight excluding hydrogens is 174 g/mol. The molecule has 1 N–H and O–H groups in total. The molecule has 1 aromatic rings. The standard InChI is InChI=1S/C9H12ClNO/c1-6-4-9(12-3)8(11-2)5-7(6)10/h4-5,11H,1-3H3. The number of hydrogen-bond donors (Lipinski definition) is 1. The Morgan fingerprint density at radius 1 is 1.42 bits per heavy atom.